The van der Waals surface area contributed by atoms with E-state index in [1.165, 1.54) is 17.3 Å². The standard InChI is InChI=1S/C20H21N5O3/c1-13-14(2)21-11-25(20(13)27)10-18(26)24-8-16(15-6-4-3-5-7-15)17(9-24)19-22-12-28-23-19/h3-7,11-12,16-17H,8-10H2,1-2H3. The molecule has 2 aromatic heterocycles. The van der Waals surface area contributed by atoms with Crippen LogP contribution in [0.1, 0.15) is 34.5 Å². The van der Waals surface area contributed by atoms with Crippen molar-refractivity contribution in [2.45, 2.75) is 32.2 Å². The smallest absolute Gasteiger partial charge is 0.256 e. The van der Waals surface area contributed by atoms with Gasteiger partial charge in [0.05, 0.1) is 6.33 Å². The van der Waals surface area contributed by atoms with Gasteiger partial charge in [-0.15, -0.1) is 0 Å². The zero-order valence-electron chi connectivity index (χ0n) is 15.8. The van der Waals surface area contributed by atoms with Crippen LogP contribution in [0.2, 0.25) is 0 Å². The quantitative estimate of drug-likeness (QED) is 0.684. The number of rotatable bonds is 4. The van der Waals surface area contributed by atoms with Gasteiger partial charge in [-0.1, -0.05) is 35.5 Å². The number of carbonyl (C=O) groups is 1. The van der Waals surface area contributed by atoms with Gasteiger partial charge in [-0.05, 0) is 19.4 Å². The molecule has 0 spiro atoms. The summed E-state index contributed by atoms with van der Waals surface area (Å²) in [6, 6.07) is 10.0. The van der Waals surface area contributed by atoms with E-state index < -0.39 is 0 Å². The lowest BCUT2D eigenvalue weighted by Crippen LogP contribution is -2.36. The second kappa shape index (κ2) is 7.38. The summed E-state index contributed by atoms with van der Waals surface area (Å²) in [4.78, 5) is 35.5. The minimum Gasteiger partial charge on any atom is -0.343 e. The predicted octanol–water partition coefficient (Wildman–Crippen LogP) is 1.65. The molecule has 2 unspecified atom stereocenters. The van der Waals surface area contributed by atoms with E-state index in [1.54, 1.807) is 18.7 Å². The topological polar surface area (TPSA) is 94.1 Å². The molecule has 0 aliphatic carbocycles. The third-order valence-electron chi connectivity index (χ3n) is 5.43. The third-order valence-corrected chi connectivity index (χ3v) is 5.43. The van der Waals surface area contributed by atoms with Crippen LogP contribution in [0.4, 0.5) is 0 Å². The number of nitrogens with zero attached hydrogens (tertiary/aromatic N) is 5. The van der Waals surface area contributed by atoms with Crippen LogP contribution in [0, 0.1) is 13.8 Å². The van der Waals surface area contributed by atoms with Crippen molar-refractivity contribution < 1.29 is 9.32 Å². The zero-order valence-corrected chi connectivity index (χ0v) is 15.8. The molecule has 1 aromatic carbocycles. The van der Waals surface area contributed by atoms with Gasteiger partial charge in [-0.25, -0.2) is 4.98 Å². The molecule has 28 heavy (non-hydrogen) atoms. The van der Waals surface area contributed by atoms with Gasteiger partial charge in [0.1, 0.15) is 6.54 Å². The first-order valence-electron chi connectivity index (χ1n) is 9.16. The summed E-state index contributed by atoms with van der Waals surface area (Å²) in [6.45, 7) is 4.48. The van der Waals surface area contributed by atoms with Crippen molar-refractivity contribution in [3.05, 3.63) is 76.1 Å². The third kappa shape index (κ3) is 3.33. The van der Waals surface area contributed by atoms with Gasteiger partial charge in [0.2, 0.25) is 12.3 Å². The summed E-state index contributed by atoms with van der Waals surface area (Å²) in [5, 5.41) is 4.00. The number of likely N-dealkylation sites (tertiary alicyclic amines) is 1. The number of benzene rings is 1. The number of carbonyl (C=O) groups excluding carboxylic acids is 1. The molecule has 1 amide bonds. The molecule has 4 rings (SSSR count). The fraction of sp³-hybridized carbons (Fsp3) is 0.350. The highest BCUT2D eigenvalue weighted by Crippen LogP contribution is 2.38. The number of amides is 1. The number of aryl methyl sites for hydroxylation is 1. The summed E-state index contributed by atoms with van der Waals surface area (Å²) in [5.74, 6) is 0.477. The van der Waals surface area contributed by atoms with Gasteiger partial charge in [0.15, 0.2) is 5.82 Å². The Labute approximate surface area is 161 Å². The average molecular weight is 379 g/mol. The molecule has 1 aliphatic heterocycles. The minimum atomic E-state index is -0.186. The van der Waals surface area contributed by atoms with Crippen LogP contribution in [0.3, 0.4) is 0 Å². The van der Waals surface area contributed by atoms with Crippen molar-refractivity contribution in [3.8, 4) is 0 Å². The van der Waals surface area contributed by atoms with Crippen molar-refractivity contribution in [3.63, 3.8) is 0 Å². The average Bonchev–Trinajstić information content (AvgIpc) is 3.38. The molecule has 2 atom stereocenters. The van der Waals surface area contributed by atoms with Crippen molar-refractivity contribution in [1.82, 2.24) is 24.6 Å². The molecule has 8 heteroatoms. The lowest BCUT2D eigenvalue weighted by atomic mass is 9.88. The first-order chi connectivity index (χ1) is 13.5. The maximum absolute atomic E-state index is 12.9. The Bertz CT molecular complexity index is 1030. The Kier molecular flexibility index (Phi) is 4.77. The van der Waals surface area contributed by atoms with Crippen LogP contribution in [-0.4, -0.2) is 43.6 Å². The van der Waals surface area contributed by atoms with Crippen LogP contribution < -0.4 is 5.56 Å². The normalized spacial score (nSPS) is 19.1. The molecule has 1 aliphatic rings. The van der Waals surface area contributed by atoms with E-state index in [0.717, 1.165) is 5.56 Å². The Balaban J connectivity index is 1.58. The molecule has 1 saturated heterocycles. The molecule has 3 aromatic rings. The highest BCUT2D eigenvalue weighted by Gasteiger charge is 2.39. The van der Waals surface area contributed by atoms with Gasteiger partial charge >= 0.3 is 0 Å². The van der Waals surface area contributed by atoms with E-state index >= 15 is 0 Å². The number of hydrogen-bond donors (Lipinski definition) is 0. The summed E-state index contributed by atoms with van der Waals surface area (Å²) < 4.78 is 6.29. The second-order valence-corrected chi connectivity index (χ2v) is 7.10. The Hall–Kier alpha value is -3.29. The highest BCUT2D eigenvalue weighted by molar-refractivity contribution is 5.76. The fourth-order valence-corrected chi connectivity index (χ4v) is 3.68. The molecule has 3 heterocycles. The van der Waals surface area contributed by atoms with Gasteiger partial charge in [0.25, 0.3) is 5.56 Å². The minimum absolute atomic E-state index is 0.0343. The zero-order chi connectivity index (χ0) is 19.7. The van der Waals surface area contributed by atoms with Crippen molar-refractivity contribution in [1.29, 1.82) is 0 Å². The van der Waals surface area contributed by atoms with E-state index in [9.17, 15) is 9.59 Å². The maximum Gasteiger partial charge on any atom is 0.256 e. The van der Waals surface area contributed by atoms with Crippen molar-refractivity contribution >= 4 is 5.91 Å². The molecule has 1 fully saturated rings. The van der Waals surface area contributed by atoms with Crippen LogP contribution in [0.25, 0.3) is 0 Å². The fourth-order valence-electron chi connectivity index (χ4n) is 3.68. The molecule has 0 radical (unpaired) electrons. The van der Waals surface area contributed by atoms with Gasteiger partial charge < -0.3 is 9.42 Å². The predicted molar refractivity (Wildman–Crippen MR) is 101 cm³/mol. The molecule has 8 nitrogen and oxygen atoms in total. The number of aromatic nitrogens is 4. The molecule has 0 N–H and O–H groups in total. The highest BCUT2D eigenvalue weighted by atomic mass is 16.5. The van der Waals surface area contributed by atoms with E-state index in [4.69, 9.17) is 4.52 Å². The Morgan fingerprint density at radius 3 is 2.61 bits per heavy atom. The van der Waals surface area contributed by atoms with E-state index in [0.29, 0.717) is 30.2 Å². The molecule has 144 valence electrons. The summed E-state index contributed by atoms with van der Waals surface area (Å²) in [6.07, 6.45) is 2.74. The Morgan fingerprint density at radius 1 is 1.14 bits per heavy atom. The largest absolute Gasteiger partial charge is 0.343 e. The summed E-state index contributed by atoms with van der Waals surface area (Å²) >= 11 is 0. The van der Waals surface area contributed by atoms with Crippen LogP contribution in [0.15, 0.2) is 52.4 Å². The summed E-state index contributed by atoms with van der Waals surface area (Å²) in [7, 11) is 0. The van der Waals surface area contributed by atoms with E-state index in [2.05, 4.69) is 15.1 Å². The maximum atomic E-state index is 12.9. The molecular weight excluding hydrogens is 358 g/mol. The monoisotopic (exact) mass is 379 g/mol. The first kappa shape index (κ1) is 18.1. The molecule has 0 bridgehead atoms. The second-order valence-electron chi connectivity index (χ2n) is 7.10. The lowest BCUT2D eigenvalue weighted by Gasteiger charge is -2.17. The molecular formula is C20H21N5O3. The summed E-state index contributed by atoms with van der Waals surface area (Å²) in [5.41, 5.74) is 2.17. The lowest BCUT2D eigenvalue weighted by molar-refractivity contribution is -0.130. The van der Waals surface area contributed by atoms with Crippen molar-refractivity contribution in [2.24, 2.45) is 0 Å². The Morgan fingerprint density at radius 2 is 1.89 bits per heavy atom. The van der Waals surface area contributed by atoms with E-state index in [-0.39, 0.29) is 29.8 Å². The first-order valence-corrected chi connectivity index (χ1v) is 9.16. The van der Waals surface area contributed by atoms with Crippen LogP contribution in [-0.2, 0) is 11.3 Å². The van der Waals surface area contributed by atoms with Crippen LogP contribution >= 0.6 is 0 Å². The van der Waals surface area contributed by atoms with Gasteiger partial charge in [-0.2, -0.15) is 4.98 Å². The van der Waals surface area contributed by atoms with Gasteiger partial charge in [-0.3, -0.25) is 14.2 Å². The number of hydrogen-bond acceptors (Lipinski definition) is 6. The molecule has 0 saturated carbocycles. The van der Waals surface area contributed by atoms with Crippen molar-refractivity contribution in [2.75, 3.05) is 13.1 Å². The van der Waals surface area contributed by atoms with E-state index in [1.807, 2.05) is 30.3 Å². The van der Waals surface area contributed by atoms with Gasteiger partial charge in [0, 0.05) is 36.2 Å². The SMILES string of the molecule is Cc1ncn(CC(=O)N2CC(c3ccccc3)C(c3ncon3)C2)c(=O)c1C. The van der Waals surface area contributed by atoms with Crippen LogP contribution in [0.5, 0.6) is 0 Å².